The highest BCUT2D eigenvalue weighted by molar-refractivity contribution is 5.34. The second-order valence-electron chi connectivity index (χ2n) is 5.38. The molecule has 0 saturated heterocycles. The molecule has 0 aromatic heterocycles. The number of rotatable bonds is 6. The summed E-state index contributed by atoms with van der Waals surface area (Å²) >= 11 is 0. The first-order valence-electron chi connectivity index (χ1n) is 7.85. The molecule has 1 N–H and O–H groups in total. The van der Waals surface area contributed by atoms with E-state index in [0.717, 1.165) is 30.4 Å². The zero-order valence-corrected chi connectivity index (χ0v) is 13.1. The second kappa shape index (κ2) is 9.04. The lowest BCUT2D eigenvalue weighted by Crippen LogP contribution is -2.30. The predicted molar refractivity (Wildman–Crippen MR) is 90.4 cm³/mol. The van der Waals surface area contributed by atoms with E-state index in [9.17, 15) is 5.21 Å². The molecule has 0 aliphatic heterocycles. The molecule has 2 heteroatoms. The lowest BCUT2D eigenvalue weighted by molar-refractivity contribution is -0.121. The first-order valence-corrected chi connectivity index (χ1v) is 7.85. The zero-order valence-electron chi connectivity index (χ0n) is 13.1. The van der Waals surface area contributed by atoms with E-state index in [0.29, 0.717) is 6.54 Å². The highest BCUT2D eigenvalue weighted by Crippen LogP contribution is 2.11. The van der Waals surface area contributed by atoms with E-state index in [2.05, 4.69) is 18.8 Å². The molecule has 0 bridgehead atoms. The summed E-state index contributed by atoms with van der Waals surface area (Å²) in [5, 5.41) is 11.8. The van der Waals surface area contributed by atoms with Gasteiger partial charge in [0.1, 0.15) is 0 Å². The molecular weight excluding hydrogens is 270 g/mol. The van der Waals surface area contributed by atoms with Gasteiger partial charge < -0.3 is 5.21 Å². The van der Waals surface area contributed by atoms with E-state index in [1.807, 2.05) is 60.7 Å². The van der Waals surface area contributed by atoms with Crippen LogP contribution in [0.3, 0.4) is 0 Å². The van der Waals surface area contributed by atoms with E-state index >= 15 is 0 Å². The molecule has 2 rings (SSSR count). The van der Waals surface area contributed by atoms with E-state index in [-0.39, 0.29) is 6.04 Å². The Labute approximate surface area is 133 Å². The molecular formula is C20H23NO. The van der Waals surface area contributed by atoms with Crippen molar-refractivity contribution < 1.29 is 5.21 Å². The molecule has 0 aliphatic rings. The largest absolute Gasteiger partial charge is 0.312 e. The quantitative estimate of drug-likeness (QED) is 0.626. The maximum Gasteiger partial charge on any atom is 0.0963 e. The number of unbranched alkanes of at least 4 members (excludes halogenated alkanes) is 1. The lowest BCUT2D eigenvalue weighted by Gasteiger charge is -2.21. The molecule has 0 fully saturated rings. The van der Waals surface area contributed by atoms with E-state index in [4.69, 9.17) is 0 Å². The Kier molecular flexibility index (Phi) is 6.70. The van der Waals surface area contributed by atoms with Crippen LogP contribution in [0.25, 0.3) is 0 Å². The summed E-state index contributed by atoms with van der Waals surface area (Å²) in [7, 11) is 0. The average Bonchev–Trinajstić information content (AvgIpc) is 2.56. The van der Waals surface area contributed by atoms with Crippen LogP contribution in [-0.4, -0.2) is 16.3 Å². The van der Waals surface area contributed by atoms with Crippen LogP contribution in [0.1, 0.15) is 37.3 Å². The number of nitrogens with zero attached hydrogens (tertiary/aromatic N) is 1. The van der Waals surface area contributed by atoms with Crippen molar-refractivity contribution in [3.8, 4) is 11.8 Å². The number of hydrogen-bond donors (Lipinski definition) is 1. The van der Waals surface area contributed by atoms with Gasteiger partial charge in [-0.05, 0) is 24.1 Å². The molecule has 0 amide bonds. The Morgan fingerprint density at radius 3 is 2.27 bits per heavy atom. The normalized spacial score (nSPS) is 11.8. The minimum absolute atomic E-state index is 0.139. The molecule has 1 unspecified atom stereocenters. The standard InChI is InChI=1S/C20H23NO/c1-2-3-14-20(16-15-18-10-6-4-7-11-18)21(22)17-19-12-8-5-9-13-19/h4-13,20,22H,2-3,14,17H2,1H3. The van der Waals surface area contributed by atoms with Crippen molar-refractivity contribution in [3.63, 3.8) is 0 Å². The molecule has 2 aromatic carbocycles. The Balaban J connectivity index is 2.06. The van der Waals surface area contributed by atoms with Gasteiger partial charge in [-0.2, -0.15) is 5.06 Å². The van der Waals surface area contributed by atoms with Gasteiger partial charge in [-0.15, -0.1) is 0 Å². The minimum atomic E-state index is -0.139. The molecule has 0 aliphatic carbocycles. The fourth-order valence-electron chi connectivity index (χ4n) is 2.26. The Morgan fingerprint density at radius 1 is 1.00 bits per heavy atom. The van der Waals surface area contributed by atoms with Gasteiger partial charge >= 0.3 is 0 Å². The van der Waals surface area contributed by atoms with Gasteiger partial charge in [0.15, 0.2) is 0 Å². The van der Waals surface area contributed by atoms with Crippen LogP contribution < -0.4 is 0 Å². The van der Waals surface area contributed by atoms with E-state index in [1.54, 1.807) is 0 Å². The Bertz CT molecular complexity index is 598. The minimum Gasteiger partial charge on any atom is -0.312 e. The SMILES string of the molecule is CCCCC(C#Cc1ccccc1)N(O)Cc1ccccc1. The van der Waals surface area contributed by atoms with Crippen LogP contribution in [0.2, 0.25) is 0 Å². The number of benzene rings is 2. The van der Waals surface area contributed by atoms with Gasteiger partial charge in [0, 0.05) is 5.56 Å². The number of hydroxylamine groups is 2. The van der Waals surface area contributed by atoms with Crippen LogP contribution >= 0.6 is 0 Å². The van der Waals surface area contributed by atoms with Crippen LogP contribution in [0.4, 0.5) is 0 Å². The molecule has 0 saturated carbocycles. The maximum absolute atomic E-state index is 10.4. The molecule has 0 radical (unpaired) electrons. The smallest absolute Gasteiger partial charge is 0.0963 e. The summed E-state index contributed by atoms with van der Waals surface area (Å²) in [5.41, 5.74) is 2.07. The van der Waals surface area contributed by atoms with E-state index < -0.39 is 0 Å². The highest BCUT2D eigenvalue weighted by Gasteiger charge is 2.13. The predicted octanol–water partition coefficient (Wildman–Crippen LogP) is 4.49. The third kappa shape index (κ3) is 5.37. The van der Waals surface area contributed by atoms with Gasteiger partial charge in [-0.25, -0.2) is 0 Å². The molecule has 0 spiro atoms. The first-order chi connectivity index (χ1) is 10.8. The van der Waals surface area contributed by atoms with Crippen molar-refractivity contribution in [1.82, 2.24) is 5.06 Å². The second-order valence-corrected chi connectivity index (χ2v) is 5.38. The summed E-state index contributed by atoms with van der Waals surface area (Å²) in [6, 6.07) is 19.8. The molecule has 1 atom stereocenters. The lowest BCUT2D eigenvalue weighted by atomic mass is 10.1. The van der Waals surface area contributed by atoms with Gasteiger partial charge in [-0.3, -0.25) is 0 Å². The third-order valence-corrected chi connectivity index (χ3v) is 3.54. The zero-order chi connectivity index (χ0) is 15.6. The molecule has 0 heterocycles. The van der Waals surface area contributed by atoms with Gasteiger partial charge in [0.05, 0.1) is 12.6 Å². The summed E-state index contributed by atoms with van der Waals surface area (Å²) < 4.78 is 0. The Hall–Kier alpha value is -2.08. The summed E-state index contributed by atoms with van der Waals surface area (Å²) in [5.74, 6) is 6.39. The Morgan fingerprint density at radius 2 is 1.64 bits per heavy atom. The van der Waals surface area contributed by atoms with Crippen molar-refractivity contribution in [2.24, 2.45) is 0 Å². The first kappa shape index (κ1) is 16.3. The van der Waals surface area contributed by atoms with Crippen molar-refractivity contribution in [1.29, 1.82) is 0 Å². The summed E-state index contributed by atoms with van der Waals surface area (Å²) in [6.07, 6.45) is 3.03. The molecule has 114 valence electrons. The third-order valence-electron chi connectivity index (χ3n) is 3.54. The van der Waals surface area contributed by atoms with Crippen molar-refractivity contribution in [3.05, 3.63) is 71.8 Å². The van der Waals surface area contributed by atoms with Crippen molar-refractivity contribution in [2.45, 2.75) is 38.8 Å². The summed E-state index contributed by atoms with van der Waals surface area (Å²) in [4.78, 5) is 0. The topological polar surface area (TPSA) is 23.5 Å². The monoisotopic (exact) mass is 293 g/mol. The van der Waals surface area contributed by atoms with Crippen molar-refractivity contribution in [2.75, 3.05) is 0 Å². The van der Waals surface area contributed by atoms with Crippen LogP contribution in [0.5, 0.6) is 0 Å². The van der Waals surface area contributed by atoms with Gasteiger partial charge in [-0.1, -0.05) is 80.1 Å². The summed E-state index contributed by atoms with van der Waals surface area (Å²) in [6.45, 7) is 2.65. The maximum atomic E-state index is 10.4. The molecule has 22 heavy (non-hydrogen) atoms. The molecule has 2 nitrogen and oxygen atoms in total. The van der Waals surface area contributed by atoms with Gasteiger partial charge in [0.2, 0.25) is 0 Å². The van der Waals surface area contributed by atoms with Crippen LogP contribution in [0.15, 0.2) is 60.7 Å². The van der Waals surface area contributed by atoms with Crippen LogP contribution in [0, 0.1) is 11.8 Å². The van der Waals surface area contributed by atoms with E-state index in [1.165, 1.54) is 5.06 Å². The van der Waals surface area contributed by atoms with Gasteiger partial charge in [0.25, 0.3) is 0 Å². The fraction of sp³-hybridized carbons (Fsp3) is 0.300. The highest BCUT2D eigenvalue weighted by atomic mass is 16.5. The van der Waals surface area contributed by atoms with Crippen LogP contribution in [-0.2, 0) is 6.54 Å². The number of hydrogen-bond acceptors (Lipinski definition) is 2. The fourth-order valence-corrected chi connectivity index (χ4v) is 2.26. The average molecular weight is 293 g/mol. The molecule has 2 aromatic rings. The van der Waals surface area contributed by atoms with Crippen molar-refractivity contribution >= 4 is 0 Å².